The fourth-order valence-electron chi connectivity index (χ4n) is 1.61. The second-order valence-electron chi connectivity index (χ2n) is 4.08. The Bertz CT molecular complexity index is 672. The summed E-state index contributed by atoms with van der Waals surface area (Å²) in [5, 5.41) is 18.8. The van der Waals surface area contributed by atoms with Crippen molar-refractivity contribution in [3.63, 3.8) is 0 Å². The first-order valence-corrected chi connectivity index (χ1v) is 6.84. The van der Waals surface area contributed by atoms with Gasteiger partial charge in [-0.15, -0.1) is 0 Å². The Morgan fingerprint density at radius 1 is 1.20 bits per heavy atom. The van der Waals surface area contributed by atoms with Gasteiger partial charge in [-0.3, -0.25) is 4.79 Å². The Morgan fingerprint density at radius 2 is 1.95 bits per heavy atom. The summed E-state index contributed by atoms with van der Waals surface area (Å²) in [5.74, 6) is -0.871. The van der Waals surface area contributed by atoms with Gasteiger partial charge in [-0.25, -0.2) is 0 Å². The Hall–Kier alpha value is -1.78. The second kappa shape index (κ2) is 6.11. The summed E-state index contributed by atoms with van der Waals surface area (Å²) in [6.07, 6.45) is 2.90. The van der Waals surface area contributed by atoms with Gasteiger partial charge in [0.2, 0.25) is 0 Å². The Kier molecular flexibility index (Phi) is 4.47. The van der Waals surface area contributed by atoms with E-state index >= 15 is 0 Å². The van der Waals surface area contributed by atoms with Crippen molar-refractivity contribution in [1.29, 1.82) is 0 Å². The van der Waals surface area contributed by atoms with Crippen LogP contribution in [0.25, 0.3) is 6.08 Å². The van der Waals surface area contributed by atoms with E-state index in [-0.39, 0.29) is 22.3 Å². The SMILES string of the molecule is O=C(/C=C/c1cc(O)c(O)c(Cl)c1)c1cccc(Br)c1. The van der Waals surface area contributed by atoms with Gasteiger partial charge >= 0.3 is 0 Å². The van der Waals surface area contributed by atoms with Crippen LogP contribution in [0.2, 0.25) is 5.02 Å². The second-order valence-corrected chi connectivity index (χ2v) is 5.40. The van der Waals surface area contributed by atoms with Gasteiger partial charge in [0.25, 0.3) is 0 Å². The van der Waals surface area contributed by atoms with E-state index in [1.165, 1.54) is 24.3 Å². The fourth-order valence-corrected chi connectivity index (χ4v) is 2.23. The molecule has 3 nitrogen and oxygen atoms in total. The number of carbonyl (C=O) groups excluding carboxylic acids is 1. The van der Waals surface area contributed by atoms with E-state index in [0.717, 1.165) is 4.47 Å². The first-order valence-electron chi connectivity index (χ1n) is 5.67. The van der Waals surface area contributed by atoms with Crippen LogP contribution >= 0.6 is 27.5 Å². The molecule has 0 saturated carbocycles. The maximum atomic E-state index is 12.0. The number of carbonyl (C=O) groups is 1. The van der Waals surface area contributed by atoms with Crippen molar-refractivity contribution < 1.29 is 15.0 Å². The van der Waals surface area contributed by atoms with Crippen LogP contribution in [0.3, 0.4) is 0 Å². The van der Waals surface area contributed by atoms with E-state index in [1.54, 1.807) is 18.2 Å². The number of ketones is 1. The normalized spacial score (nSPS) is 10.9. The molecule has 102 valence electrons. The summed E-state index contributed by atoms with van der Waals surface area (Å²) in [6, 6.07) is 9.81. The zero-order chi connectivity index (χ0) is 14.7. The van der Waals surface area contributed by atoms with E-state index in [2.05, 4.69) is 15.9 Å². The molecule has 0 aliphatic rings. The Labute approximate surface area is 129 Å². The van der Waals surface area contributed by atoms with Crippen molar-refractivity contribution in [3.05, 3.63) is 63.1 Å². The number of allylic oxidation sites excluding steroid dienone is 1. The lowest BCUT2D eigenvalue weighted by Crippen LogP contribution is -1.93. The minimum absolute atomic E-state index is 0.0274. The van der Waals surface area contributed by atoms with Crippen molar-refractivity contribution in [2.24, 2.45) is 0 Å². The maximum Gasteiger partial charge on any atom is 0.185 e. The molecule has 0 spiro atoms. The Morgan fingerprint density at radius 3 is 2.60 bits per heavy atom. The zero-order valence-electron chi connectivity index (χ0n) is 10.2. The van der Waals surface area contributed by atoms with Gasteiger partial charge in [0.05, 0.1) is 5.02 Å². The van der Waals surface area contributed by atoms with E-state index in [0.29, 0.717) is 11.1 Å². The predicted octanol–water partition coefficient (Wildman–Crippen LogP) is 4.41. The number of phenolic OH excluding ortho intramolecular Hbond substituents is 2. The standard InChI is InChI=1S/C15H10BrClO3/c16-11-3-1-2-10(8-11)13(18)5-4-9-6-12(17)15(20)14(19)7-9/h1-8,19-20H/b5-4+. The molecule has 0 aliphatic heterocycles. The molecular weight excluding hydrogens is 344 g/mol. The van der Waals surface area contributed by atoms with Gasteiger partial charge in [0.1, 0.15) is 0 Å². The highest BCUT2D eigenvalue weighted by molar-refractivity contribution is 9.10. The van der Waals surface area contributed by atoms with Gasteiger partial charge in [0.15, 0.2) is 17.3 Å². The Balaban J connectivity index is 2.23. The molecule has 0 radical (unpaired) electrons. The lowest BCUT2D eigenvalue weighted by Gasteiger charge is -2.02. The molecular formula is C15H10BrClO3. The molecule has 2 aromatic carbocycles. The highest BCUT2D eigenvalue weighted by Gasteiger charge is 2.06. The third-order valence-corrected chi connectivity index (χ3v) is 3.38. The van der Waals surface area contributed by atoms with Crippen LogP contribution in [-0.4, -0.2) is 16.0 Å². The summed E-state index contributed by atoms with van der Waals surface area (Å²) in [5.41, 5.74) is 1.07. The largest absolute Gasteiger partial charge is 0.504 e. The van der Waals surface area contributed by atoms with Crippen LogP contribution < -0.4 is 0 Å². The predicted molar refractivity (Wildman–Crippen MR) is 82.3 cm³/mol. The molecule has 0 amide bonds. The minimum Gasteiger partial charge on any atom is -0.504 e. The molecule has 0 fully saturated rings. The number of aromatic hydroxyl groups is 2. The van der Waals surface area contributed by atoms with Crippen LogP contribution in [0.5, 0.6) is 11.5 Å². The van der Waals surface area contributed by atoms with Crippen LogP contribution in [-0.2, 0) is 0 Å². The average molecular weight is 354 g/mol. The van der Waals surface area contributed by atoms with Crippen molar-refractivity contribution in [1.82, 2.24) is 0 Å². The monoisotopic (exact) mass is 352 g/mol. The molecule has 2 rings (SSSR count). The van der Waals surface area contributed by atoms with E-state index < -0.39 is 0 Å². The van der Waals surface area contributed by atoms with Crippen LogP contribution in [0.15, 0.2) is 46.9 Å². The third kappa shape index (κ3) is 3.40. The van der Waals surface area contributed by atoms with E-state index in [9.17, 15) is 15.0 Å². The van der Waals surface area contributed by atoms with Crippen molar-refractivity contribution in [3.8, 4) is 11.5 Å². The van der Waals surface area contributed by atoms with Crippen LogP contribution in [0.1, 0.15) is 15.9 Å². The first kappa shape index (κ1) is 14.6. The molecule has 20 heavy (non-hydrogen) atoms. The molecule has 0 heterocycles. The molecule has 0 atom stereocenters. The van der Waals surface area contributed by atoms with Gasteiger partial charge in [-0.2, -0.15) is 0 Å². The number of hydrogen-bond acceptors (Lipinski definition) is 3. The number of phenols is 2. The van der Waals surface area contributed by atoms with Crippen molar-refractivity contribution in [2.75, 3.05) is 0 Å². The number of benzene rings is 2. The van der Waals surface area contributed by atoms with E-state index in [4.69, 9.17) is 11.6 Å². The lowest BCUT2D eigenvalue weighted by atomic mass is 10.1. The highest BCUT2D eigenvalue weighted by atomic mass is 79.9. The number of halogens is 2. The molecule has 0 bridgehead atoms. The van der Waals surface area contributed by atoms with Crippen molar-refractivity contribution >= 4 is 39.4 Å². The average Bonchev–Trinajstić information content (AvgIpc) is 2.42. The number of rotatable bonds is 3. The van der Waals surface area contributed by atoms with E-state index in [1.807, 2.05) is 6.07 Å². The van der Waals surface area contributed by atoms with Gasteiger partial charge in [0, 0.05) is 10.0 Å². The number of hydrogen-bond donors (Lipinski definition) is 2. The van der Waals surface area contributed by atoms with Gasteiger partial charge in [-0.05, 0) is 35.9 Å². The molecule has 2 N–H and O–H groups in total. The highest BCUT2D eigenvalue weighted by Crippen LogP contribution is 2.34. The first-order chi connectivity index (χ1) is 9.47. The summed E-state index contributed by atoms with van der Waals surface area (Å²) in [7, 11) is 0. The molecule has 0 saturated heterocycles. The van der Waals surface area contributed by atoms with Gasteiger partial charge < -0.3 is 10.2 Å². The molecule has 0 unspecified atom stereocenters. The lowest BCUT2D eigenvalue weighted by molar-refractivity contribution is 0.104. The topological polar surface area (TPSA) is 57.5 Å². The maximum absolute atomic E-state index is 12.0. The third-order valence-electron chi connectivity index (χ3n) is 2.60. The molecule has 5 heteroatoms. The zero-order valence-corrected chi connectivity index (χ0v) is 12.5. The molecule has 0 aromatic heterocycles. The van der Waals surface area contributed by atoms with Crippen LogP contribution in [0.4, 0.5) is 0 Å². The summed E-state index contributed by atoms with van der Waals surface area (Å²) in [4.78, 5) is 12.0. The molecule has 0 aliphatic carbocycles. The van der Waals surface area contributed by atoms with Gasteiger partial charge in [-0.1, -0.05) is 45.7 Å². The van der Waals surface area contributed by atoms with Crippen LogP contribution in [0, 0.1) is 0 Å². The summed E-state index contributed by atoms with van der Waals surface area (Å²) >= 11 is 9.04. The summed E-state index contributed by atoms with van der Waals surface area (Å²) in [6.45, 7) is 0. The fraction of sp³-hybridized carbons (Fsp3) is 0. The van der Waals surface area contributed by atoms with Crippen molar-refractivity contribution in [2.45, 2.75) is 0 Å². The minimum atomic E-state index is -0.373. The summed E-state index contributed by atoms with van der Waals surface area (Å²) < 4.78 is 0.821. The quantitative estimate of drug-likeness (QED) is 0.488. The smallest absolute Gasteiger partial charge is 0.185 e. The molecule has 2 aromatic rings.